The maximum absolute atomic E-state index is 12.2. The largest absolute Gasteiger partial charge is 0.383 e. The standard InChI is InChI=1S/C12H15BrN2O2/c1-17-7-6-15(10-3-4-10)12(16)11-5-2-9(13)8-14-11/h2,5,8,10H,3-4,6-7H2,1H3. The van der Waals surface area contributed by atoms with Crippen molar-refractivity contribution in [1.29, 1.82) is 0 Å². The molecule has 1 saturated carbocycles. The first-order chi connectivity index (χ1) is 8.22. The maximum atomic E-state index is 12.2. The van der Waals surface area contributed by atoms with Crippen LogP contribution in [-0.2, 0) is 4.74 Å². The van der Waals surface area contributed by atoms with E-state index >= 15 is 0 Å². The molecule has 4 nitrogen and oxygen atoms in total. The van der Waals surface area contributed by atoms with Crippen LogP contribution in [-0.4, -0.2) is 42.1 Å². The fraction of sp³-hybridized carbons (Fsp3) is 0.500. The molecule has 1 aromatic rings. The van der Waals surface area contributed by atoms with E-state index in [2.05, 4.69) is 20.9 Å². The summed E-state index contributed by atoms with van der Waals surface area (Å²) < 4.78 is 5.91. The van der Waals surface area contributed by atoms with Gasteiger partial charge in [-0.05, 0) is 40.9 Å². The highest BCUT2D eigenvalue weighted by molar-refractivity contribution is 9.10. The number of methoxy groups -OCH3 is 1. The van der Waals surface area contributed by atoms with Gasteiger partial charge in [-0.2, -0.15) is 0 Å². The molecule has 1 aromatic heterocycles. The molecule has 0 aliphatic heterocycles. The topological polar surface area (TPSA) is 42.4 Å². The summed E-state index contributed by atoms with van der Waals surface area (Å²) in [7, 11) is 1.65. The fourth-order valence-electron chi connectivity index (χ4n) is 1.68. The summed E-state index contributed by atoms with van der Waals surface area (Å²) in [5.41, 5.74) is 0.496. The van der Waals surface area contributed by atoms with Crippen molar-refractivity contribution >= 4 is 21.8 Å². The number of aromatic nitrogens is 1. The molecular formula is C12H15BrN2O2. The second-order valence-corrected chi connectivity index (χ2v) is 5.00. The maximum Gasteiger partial charge on any atom is 0.272 e. The van der Waals surface area contributed by atoms with Gasteiger partial charge in [-0.25, -0.2) is 4.98 Å². The molecule has 1 fully saturated rings. The smallest absolute Gasteiger partial charge is 0.272 e. The Bertz CT molecular complexity index is 390. The summed E-state index contributed by atoms with van der Waals surface area (Å²) in [6, 6.07) is 3.96. The summed E-state index contributed by atoms with van der Waals surface area (Å²) in [6.45, 7) is 1.20. The first kappa shape index (κ1) is 12.5. The monoisotopic (exact) mass is 298 g/mol. The molecule has 5 heteroatoms. The Morgan fingerprint density at radius 3 is 2.88 bits per heavy atom. The van der Waals surface area contributed by atoms with Crippen molar-refractivity contribution in [2.75, 3.05) is 20.3 Å². The quantitative estimate of drug-likeness (QED) is 0.836. The lowest BCUT2D eigenvalue weighted by molar-refractivity contribution is 0.0674. The molecule has 0 atom stereocenters. The van der Waals surface area contributed by atoms with E-state index in [1.54, 1.807) is 19.4 Å². The number of hydrogen-bond donors (Lipinski definition) is 0. The Morgan fingerprint density at radius 2 is 2.35 bits per heavy atom. The molecule has 0 N–H and O–H groups in total. The van der Waals surface area contributed by atoms with Gasteiger partial charge in [0.05, 0.1) is 6.61 Å². The van der Waals surface area contributed by atoms with E-state index in [0.717, 1.165) is 17.3 Å². The molecule has 92 valence electrons. The van der Waals surface area contributed by atoms with Crippen LogP contribution < -0.4 is 0 Å². The lowest BCUT2D eigenvalue weighted by Gasteiger charge is -2.21. The average molecular weight is 299 g/mol. The predicted octanol–water partition coefficient (Wildman–Crippen LogP) is 2.10. The number of carbonyl (C=O) groups is 1. The van der Waals surface area contributed by atoms with Crippen LogP contribution in [0.3, 0.4) is 0 Å². The van der Waals surface area contributed by atoms with Gasteiger partial charge in [0, 0.05) is 30.4 Å². The third-order valence-corrected chi connectivity index (χ3v) is 3.20. The van der Waals surface area contributed by atoms with E-state index in [4.69, 9.17) is 4.74 Å². The molecular weight excluding hydrogens is 284 g/mol. The van der Waals surface area contributed by atoms with Crippen molar-refractivity contribution in [2.45, 2.75) is 18.9 Å². The fourth-order valence-corrected chi connectivity index (χ4v) is 1.91. The van der Waals surface area contributed by atoms with Crippen molar-refractivity contribution in [2.24, 2.45) is 0 Å². The van der Waals surface area contributed by atoms with Crippen LogP contribution in [0, 0.1) is 0 Å². The zero-order valence-electron chi connectivity index (χ0n) is 9.73. The normalized spacial score (nSPS) is 14.7. The molecule has 0 spiro atoms. The molecule has 0 unspecified atom stereocenters. The SMILES string of the molecule is COCCN(C(=O)c1ccc(Br)cn1)C1CC1. The van der Waals surface area contributed by atoms with Gasteiger partial charge in [0.2, 0.25) is 0 Å². The van der Waals surface area contributed by atoms with Gasteiger partial charge in [-0.1, -0.05) is 0 Å². The summed E-state index contributed by atoms with van der Waals surface area (Å²) in [5, 5.41) is 0. The molecule has 2 rings (SSSR count). The van der Waals surface area contributed by atoms with Crippen LogP contribution in [0.4, 0.5) is 0 Å². The van der Waals surface area contributed by atoms with Gasteiger partial charge < -0.3 is 9.64 Å². The number of rotatable bonds is 5. The van der Waals surface area contributed by atoms with E-state index < -0.39 is 0 Å². The van der Waals surface area contributed by atoms with E-state index in [1.165, 1.54) is 0 Å². The van der Waals surface area contributed by atoms with Crippen molar-refractivity contribution in [3.05, 3.63) is 28.5 Å². The lowest BCUT2D eigenvalue weighted by atomic mass is 10.3. The van der Waals surface area contributed by atoms with Crippen molar-refractivity contribution < 1.29 is 9.53 Å². The number of ether oxygens (including phenoxy) is 1. The number of halogens is 1. The van der Waals surface area contributed by atoms with E-state index in [9.17, 15) is 4.79 Å². The van der Waals surface area contributed by atoms with Crippen molar-refractivity contribution in [3.8, 4) is 0 Å². The van der Waals surface area contributed by atoms with Gasteiger partial charge in [-0.3, -0.25) is 4.79 Å². The van der Waals surface area contributed by atoms with Crippen LogP contribution in [0.25, 0.3) is 0 Å². The van der Waals surface area contributed by atoms with Crippen LogP contribution in [0.2, 0.25) is 0 Å². The Balaban J connectivity index is 2.07. The van der Waals surface area contributed by atoms with Crippen LogP contribution in [0.1, 0.15) is 23.3 Å². The van der Waals surface area contributed by atoms with Crippen LogP contribution in [0.5, 0.6) is 0 Å². The minimum atomic E-state index is -0.00273. The van der Waals surface area contributed by atoms with E-state index in [0.29, 0.717) is 24.9 Å². The molecule has 1 amide bonds. The minimum Gasteiger partial charge on any atom is -0.383 e. The number of amides is 1. The number of pyridine rings is 1. The number of nitrogens with zero attached hydrogens (tertiary/aromatic N) is 2. The molecule has 0 radical (unpaired) electrons. The summed E-state index contributed by atoms with van der Waals surface area (Å²) in [5.74, 6) is -0.00273. The Morgan fingerprint density at radius 1 is 1.59 bits per heavy atom. The van der Waals surface area contributed by atoms with Crippen molar-refractivity contribution in [3.63, 3.8) is 0 Å². The molecule has 0 bridgehead atoms. The van der Waals surface area contributed by atoms with Gasteiger partial charge >= 0.3 is 0 Å². The molecule has 1 heterocycles. The molecule has 1 aliphatic rings. The third kappa shape index (κ3) is 3.26. The van der Waals surface area contributed by atoms with E-state index in [1.807, 2.05) is 11.0 Å². The zero-order valence-corrected chi connectivity index (χ0v) is 11.3. The van der Waals surface area contributed by atoms with Gasteiger partial charge in [0.1, 0.15) is 5.69 Å². The summed E-state index contributed by atoms with van der Waals surface area (Å²) in [6.07, 6.45) is 3.83. The average Bonchev–Trinajstić information content (AvgIpc) is 3.14. The first-order valence-corrected chi connectivity index (χ1v) is 6.43. The number of hydrogen-bond acceptors (Lipinski definition) is 3. The Kier molecular flexibility index (Phi) is 4.12. The zero-order chi connectivity index (χ0) is 12.3. The van der Waals surface area contributed by atoms with Crippen molar-refractivity contribution in [1.82, 2.24) is 9.88 Å². The third-order valence-electron chi connectivity index (χ3n) is 2.73. The summed E-state index contributed by atoms with van der Waals surface area (Å²) in [4.78, 5) is 18.2. The van der Waals surface area contributed by atoms with E-state index in [-0.39, 0.29) is 5.91 Å². The highest BCUT2D eigenvalue weighted by atomic mass is 79.9. The van der Waals surface area contributed by atoms with Crippen LogP contribution in [0.15, 0.2) is 22.8 Å². The summed E-state index contributed by atoms with van der Waals surface area (Å²) >= 11 is 3.31. The van der Waals surface area contributed by atoms with Gasteiger partial charge in [0.25, 0.3) is 5.91 Å². The lowest BCUT2D eigenvalue weighted by Crippen LogP contribution is -2.36. The second-order valence-electron chi connectivity index (χ2n) is 4.08. The minimum absolute atomic E-state index is 0.00273. The highest BCUT2D eigenvalue weighted by Gasteiger charge is 2.33. The molecule has 1 aliphatic carbocycles. The molecule has 17 heavy (non-hydrogen) atoms. The Labute approximate surface area is 109 Å². The predicted molar refractivity (Wildman–Crippen MR) is 67.9 cm³/mol. The van der Waals surface area contributed by atoms with Gasteiger partial charge in [-0.15, -0.1) is 0 Å². The first-order valence-electron chi connectivity index (χ1n) is 5.64. The molecule has 0 saturated heterocycles. The van der Waals surface area contributed by atoms with Gasteiger partial charge in [0.15, 0.2) is 0 Å². The highest BCUT2D eigenvalue weighted by Crippen LogP contribution is 2.27. The molecule has 0 aromatic carbocycles. The Hall–Kier alpha value is -0.940. The second kappa shape index (κ2) is 5.60. The van der Waals surface area contributed by atoms with Crippen LogP contribution >= 0.6 is 15.9 Å². The number of carbonyl (C=O) groups excluding carboxylic acids is 1.